The summed E-state index contributed by atoms with van der Waals surface area (Å²) in [4.78, 5) is 0. The zero-order valence-electron chi connectivity index (χ0n) is 10.6. The van der Waals surface area contributed by atoms with Gasteiger partial charge in [0.1, 0.15) is 5.82 Å². The van der Waals surface area contributed by atoms with E-state index in [1.807, 2.05) is 0 Å². The molecule has 1 aromatic heterocycles. The first kappa shape index (κ1) is 14.0. The Balaban J connectivity index is 2.06. The Labute approximate surface area is 116 Å². The van der Waals surface area contributed by atoms with E-state index in [1.165, 1.54) is 18.2 Å². The van der Waals surface area contributed by atoms with Crippen molar-refractivity contribution in [2.75, 3.05) is 13.1 Å². The van der Waals surface area contributed by atoms with Gasteiger partial charge in [0.25, 0.3) is 5.89 Å². The Kier molecular flexibility index (Phi) is 4.87. The van der Waals surface area contributed by atoms with Gasteiger partial charge in [-0.05, 0) is 31.2 Å². The minimum Gasteiger partial charge on any atom is -0.421 e. The molecule has 0 saturated heterocycles. The van der Waals surface area contributed by atoms with E-state index in [0.29, 0.717) is 17.3 Å². The minimum atomic E-state index is -0.427. The van der Waals surface area contributed by atoms with Gasteiger partial charge < -0.3 is 9.73 Å². The standard InChI is InChI=1S/C13H15ClFN3O/c1-2-6-16-7-5-12-17-18-13(19-12)10-8-9(14)3-4-11(10)15/h3-4,8,16H,2,5-7H2,1H3. The molecule has 102 valence electrons. The van der Waals surface area contributed by atoms with Crippen LogP contribution in [0.2, 0.25) is 5.02 Å². The molecule has 2 rings (SSSR count). The van der Waals surface area contributed by atoms with E-state index < -0.39 is 5.82 Å². The van der Waals surface area contributed by atoms with Crippen molar-refractivity contribution in [1.82, 2.24) is 15.5 Å². The van der Waals surface area contributed by atoms with Crippen molar-refractivity contribution in [2.45, 2.75) is 19.8 Å². The van der Waals surface area contributed by atoms with Gasteiger partial charge in [-0.3, -0.25) is 0 Å². The first-order valence-electron chi connectivity index (χ1n) is 6.19. The molecule has 1 heterocycles. The Bertz CT molecular complexity index is 544. The molecule has 0 unspecified atom stereocenters. The molecule has 0 atom stereocenters. The Hall–Kier alpha value is -1.46. The number of nitrogens with one attached hydrogen (secondary N) is 1. The average molecular weight is 284 g/mol. The lowest BCUT2D eigenvalue weighted by atomic mass is 10.2. The van der Waals surface area contributed by atoms with Crippen molar-refractivity contribution < 1.29 is 8.81 Å². The fourth-order valence-corrected chi connectivity index (χ4v) is 1.79. The molecule has 6 heteroatoms. The van der Waals surface area contributed by atoms with Gasteiger partial charge in [-0.1, -0.05) is 18.5 Å². The molecule has 0 saturated carbocycles. The molecule has 0 aliphatic carbocycles. The van der Waals surface area contributed by atoms with Crippen LogP contribution < -0.4 is 5.32 Å². The average Bonchev–Trinajstić information content (AvgIpc) is 2.86. The van der Waals surface area contributed by atoms with Crippen molar-refractivity contribution >= 4 is 11.6 Å². The van der Waals surface area contributed by atoms with Gasteiger partial charge in [-0.25, -0.2) is 4.39 Å². The lowest BCUT2D eigenvalue weighted by Crippen LogP contribution is -2.17. The van der Waals surface area contributed by atoms with E-state index in [0.717, 1.165) is 19.5 Å². The van der Waals surface area contributed by atoms with E-state index in [4.69, 9.17) is 16.0 Å². The maximum absolute atomic E-state index is 13.6. The van der Waals surface area contributed by atoms with Crippen molar-refractivity contribution in [3.8, 4) is 11.5 Å². The van der Waals surface area contributed by atoms with Gasteiger partial charge in [0, 0.05) is 18.0 Å². The summed E-state index contributed by atoms with van der Waals surface area (Å²) in [5.41, 5.74) is 0.229. The summed E-state index contributed by atoms with van der Waals surface area (Å²) in [5.74, 6) is 0.215. The van der Waals surface area contributed by atoms with Crippen LogP contribution in [0.5, 0.6) is 0 Å². The number of hydrogen-bond acceptors (Lipinski definition) is 4. The number of aromatic nitrogens is 2. The predicted molar refractivity (Wildman–Crippen MR) is 71.6 cm³/mol. The second-order valence-corrected chi connectivity index (χ2v) is 4.56. The Morgan fingerprint density at radius 2 is 2.16 bits per heavy atom. The van der Waals surface area contributed by atoms with E-state index in [2.05, 4.69) is 22.4 Å². The number of halogens is 2. The first-order valence-corrected chi connectivity index (χ1v) is 6.57. The summed E-state index contributed by atoms with van der Waals surface area (Å²) in [6, 6.07) is 4.24. The lowest BCUT2D eigenvalue weighted by Gasteiger charge is -1.99. The summed E-state index contributed by atoms with van der Waals surface area (Å²) in [6.45, 7) is 3.80. The zero-order valence-corrected chi connectivity index (χ0v) is 11.4. The van der Waals surface area contributed by atoms with E-state index in [1.54, 1.807) is 0 Å². The fourth-order valence-electron chi connectivity index (χ4n) is 1.62. The van der Waals surface area contributed by atoms with Gasteiger partial charge in [0.05, 0.1) is 5.56 Å². The molecule has 4 nitrogen and oxygen atoms in total. The maximum atomic E-state index is 13.6. The highest BCUT2D eigenvalue weighted by Gasteiger charge is 2.13. The molecule has 0 radical (unpaired) electrons. The summed E-state index contributed by atoms with van der Waals surface area (Å²) in [6.07, 6.45) is 1.69. The number of benzene rings is 1. The monoisotopic (exact) mass is 283 g/mol. The van der Waals surface area contributed by atoms with Gasteiger partial charge >= 0.3 is 0 Å². The number of rotatable bonds is 6. The van der Waals surface area contributed by atoms with Crippen LogP contribution in [0.1, 0.15) is 19.2 Å². The zero-order chi connectivity index (χ0) is 13.7. The maximum Gasteiger partial charge on any atom is 0.250 e. The molecular formula is C13H15ClFN3O. The number of hydrogen-bond donors (Lipinski definition) is 1. The minimum absolute atomic E-state index is 0.158. The molecular weight excluding hydrogens is 269 g/mol. The quantitative estimate of drug-likeness (QED) is 0.828. The molecule has 19 heavy (non-hydrogen) atoms. The van der Waals surface area contributed by atoms with Crippen LogP contribution in [0, 0.1) is 5.82 Å². The number of nitrogens with zero attached hydrogens (tertiary/aromatic N) is 2. The molecule has 0 aliphatic heterocycles. The van der Waals surface area contributed by atoms with Gasteiger partial charge in [-0.2, -0.15) is 0 Å². The molecule has 1 N–H and O–H groups in total. The molecule has 1 aromatic carbocycles. The second kappa shape index (κ2) is 6.63. The SMILES string of the molecule is CCCNCCc1nnc(-c2cc(Cl)ccc2F)o1. The summed E-state index contributed by atoms with van der Waals surface area (Å²) >= 11 is 5.83. The molecule has 0 aliphatic rings. The van der Waals surface area contributed by atoms with Crippen molar-refractivity contribution in [1.29, 1.82) is 0 Å². The van der Waals surface area contributed by atoms with Crippen LogP contribution in [-0.4, -0.2) is 23.3 Å². The Morgan fingerprint density at radius 1 is 1.32 bits per heavy atom. The van der Waals surface area contributed by atoms with E-state index >= 15 is 0 Å². The highest BCUT2D eigenvalue weighted by molar-refractivity contribution is 6.30. The van der Waals surface area contributed by atoms with Crippen LogP contribution in [0.15, 0.2) is 22.6 Å². The first-order chi connectivity index (χ1) is 9.20. The van der Waals surface area contributed by atoms with Gasteiger partial charge in [0.15, 0.2) is 0 Å². The molecule has 2 aromatic rings. The van der Waals surface area contributed by atoms with Crippen LogP contribution in [0.4, 0.5) is 4.39 Å². The molecule has 0 amide bonds. The lowest BCUT2D eigenvalue weighted by molar-refractivity contribution is 0.491. The highest BCUT2D eigenvalue weighted by Crippen LogP contribution is 2.24. The smallest absolute Gasteiger partial charge is 0.250 e. The predicted octanol–water partition coefficient (Wildman–Crippen LogP) is 3.07. The van der Waals surface area contributed by atoms with Crippen LogP contribution in [0.25, 0.3) is 11.5 Å². The topological polar surface area (TPSA) is 51.0 Å². The van der Waals surface area contributed by atoms with E-state index in [9.17, 15) is 4.39 Å². The molecule has 0 spiro atoms. The van der Waals surface area contributed by atoms with Gasteiger partial charge in [0.2, 0.25) is 5.89 Å². The molecule has 0 bridgehead atoms. The summed E-state index contributed by atoms with van der Waals surface area (Å²) in [5, 5.41) is 11.4. The third-order valence-corrected chi connectivity index (χ3v) is 2.80. The van der Waals surface area contributed by atoms with Crippen molar-refractivity contribution in [2.24, 2.45) is 0 Å². The Morgan fingerprint density at radius 3 is 2.95 bits per heavy atom. The van der Waals surface area contributed by atoms with E-state index in [-0.39, 0.29) is 11.5 Å². The van der Waals surface area contributed by atoms with Crippen LogP contribution in [-0.2, 0) is 6.42 Å². The highest BCUT2D eigenvalue weighted by atomic mass is 35.5. The second-order valence-electron chi connectivity index (χ2n) is 4.13. The fraction of sp³-hybridized carbons (Fsp3) is 0.385. The molecule has 0 fully saturated rings. The third kappa shape index (κ3) is 3.75. The van der Waals surface area contributed by atoms with Crippen LogP contribution in [0.3, 0.4) is 0 Å². The summed E-state index contributed by atoms with van der Waals surface area (Å²) in [7, 11) is 0. The summed E-state index contributed by atoms with van der Waals surface area (Å²) < 4.78 is 19.0. The largest absolute Gasteiger partial charge is 0.421 e. The third-order valence-electron chi connectivity index (χ3n) is 2.57. The van der Waals surface area contributed by atoms with Gasteiger partial charge in [-0.15, -0.1) is 10.2 Å². The normalized spacial score (nSPS) is 10.9. The van der Waals surface area contributed by atoms with Crippen LogP contribution >= 0.6 is 11.6 Å². The van der Waals surface area contributed by atoms with Crippen molar-refractivity contribution in [3.05, 3.63) is 34.9 Å². The van der Waals surface area contributed by atoms with Crippen molar-refractivity contribution in [3.63, 3.8) is 0 Å².